The minimum Gasteiger partial charge on any atom is -0.244 e. The summed E-state index contributed by atoms with van der Waals surface area (Å²) in [5, 5.41) is 0.686. The maximum absolute atomic E-state index is 2.70. The lowest BCUT2D eigenvalue weighted by Gasteiger charge is -2.56. The Morgan fingerprint density at radius 2 is 1.62 bits per heavy atom. The van der Waals surface area contributed by atoms with Crippen LogP contribution in [0.1, 0.15) is 78.7 Å². The Morgan fingerprint density at radius 1 is 1.03 bits per heavy atom. The number of hydrogen-bond donors (Lipinski definition) is 0. The van der Waals surface area contributed by atoms with Gasteiger partial charge in [-0.3, -0.25) is 0 Å². The molecule has 0 saturated heterocycles. The summed E-state index contributed by atoms with van der Waals surface area (Å²) in [6, 6.07) is 9.46. The zero-order chi connectivity index (χ0) is 23.5. The largest absolute Gasteiger partial charge is 0.244 e. The van der Waals surface area contributed by atoms with Crippen molar-refractivity contribution in [3.8, 4) is 0 Å². The molecule has 1 fully saturated rings. The van der Waals surface area contributed by atoms with E-state index in [2.05, 4.69) is 96.1 Å². The smallest absolute Gasteiger partial charge is 0.0249 e. The molecule has 0 spiro atoms. The van der Waals surface area contributed by atoms with E-state index in [0.29, 0.717) is 20.7 Å². The summed E-state index contributed by atoms with van der Waals surface area (Å²) >= 11 is 0. The van der Waals surface area contributed by atoms with Gasteiger partial charge in [0.2, 0.25) is 0 Å². The molecule has 0 amide bonds. The van der Waals surface area contributed by atoms with E-state index in [1.165, 1.54) is 38.5 Å². The first-order valence-corrected chi connectivity index (χ1v) is 17.9. The van der Waals surface area contributed by atoms with E-state index in [9.17, 15) is 0 Å². The van der Waals surface area contributed by atoms with Gasteiger partial charge < -0.3 is 0 Å². The third kappa shape index (κ3) is 3.41. The molecule has 0 radical (unpaired) electrons. The number of rotatable bonds is 5. The summed E-state index contributed by atoms with van der Waals surface area (Å²) in [4.78, 5) is 1.69. The minimum absolute atomic E-state index is 0.390. The van der Waals surface area contributed by atoms with Crippen LogP contribution in [0.2, 0.25) is 0 Å². The summed E-state index contributed by atoms with van der Waals surface area (Å²) in [5.41, 5.74) is 5.01. The Hall–Kier alpha value is -0.600. The van der Waals surface area contributed by atoms with E-state index in [-0.39, 0.29) is 0 Å². The van der Waals surface area contributed by atoms with Gasteiger partial charge in [0.15, 0.2) is 0 Å². The lowest BCUT2D eigenvalue weighted by molar-refractivity contribution is 0.328. The first kappa shape index (κ1) is 24.5. The zero-order valence-electron chi connectivity index (χ0n) is 22.3. The van der Waals surface area contributed by atoms with Crippen LogP contribution in [-0.2, 0) is 0 Å². The van der Waals surface area contributed by atoms with Gasteiger partial charge >= 0.3 is 0 Å². The molecule has 3 aliphatic rings. The van der Waals surface area contributed by atoms with Crippen LogP contribution in [0.15, 0.2) is 46.9 Å². The predicted octanol–water partition coefficient (Wildman–Crippen LogP) is 9.04. The number of benzene rings is 1. The average molecular weight is 473 g/mol. The van der Waals surface area contributed by atoms with Crippen LogP contribution in [0.25, 0.3) is 5.57 Å². The SMILES string of the molecule is CCC(C)(CC)[S@@]1(C)c2ccccc2C2=CC=C(C3CCC(C)(S(C)(C)C)CC3)C(C)C21. The maximum atomic E-state index is 2.70. The molecule has 0 aromatic heterocycles. The van der Waals surface area contributed by atoms with E-state index >= 15 is 0 Å². The first-order valence-electron chi connectivity index (χ1n) is 12.9. The fourth-order valence-electron chi connectivity index (χ4n) is 7.10. The summed E-state index contributed by atoms with van der Waals surface area (Å²) in [6.45, 7) is 12.7. The third-order valence-corrected chi connectivity index (χ3v) is 19.4. The van der Waals surface area contributed by atoms with Crippen LogP contribution in [-0.4, -0.2) is 39.8 Å². The molecule has 1 aromatic carbocycles. The Morgan fingerprint density at radius 3 is 2.19 bits per heavy atom. The molecule has 32 heavy (non-hydrogen) atoms. The Bertz CT molecular complexity index is 918. The normalized spacial score (nSPS) is 35.6. The van der Waals surface area contributed by atoms with E-state index in [0.717, 1.165) is 5.92 Å². The van der Waals surface area contributed by atoms with Crippen molar-refractivity contribution in [1.29, 1.82) is 0 Å². The molecular formula is C30H48S2. The standard InChI is InChI=1S/C30H48S2/c1-10-29(4,11-2)32(9)27-15-13-12-14-25(27)26-17-16-24(22(3)28(26)32)23-18-20-30(5,21-19-23)31(6,7)8/h12-17,22-23,28H,10-11,18-21H2,1-9H3. The maximum Gasteiger partial charge on any atom is 0.0249 e. The van der Waals surface area contributed by atoms with Crippen LogP contribution >= 0.6 is 20.1 Å². The van der Waals surface area contributed by atoms with Crippen molar-refractivity contribution in [2.45, 2.75) is 92.8 Å². The molecule has 0 N–H and O–H groups in total. The first-order chi connectivity index (χ1) is 14.9. The second kappa shape index (κ2) is 8.26. The molecule has 2 heteroatoms. The van der Waals surface area contributed by atoms with Gasteiger partial charge in [-0.1, -0.05) is 70.5 Å². The highest BCUT2D eigenvalue weighted by Gasteiger charge is 2.54. The van der Waals surface area contributed by atoms with Gasteiger partial charge in [-0.2, -0.15) is 0 Å². The fraction of sp³-hybridized carbons (Fsp3) is 0.667. The summed E-state index contributed by atoms with van der Waals surface area (Å²) in [5.74, 6) is 1.45. The van der Waals surface area contributed by atoms with E-state index < -0.39 is 20.1 Å². The highest BCUT2D eigenvalue weighted by Crippen LogP contribution is 2.77. The van der Waals surface area contributed by atoms with Crippen molar-refractivity contribution < 1.29 is 0 Å². The summed E-state index contributed by atoms with van der Waals surface area (Å²) in [7, 11) is -1.49. The molecule has 180 valence electrons. The summed E-state index contributed by atoms with van der Waals surface area (Å²) < 4.78 is 0.954. The van der Waals surface area contributed by atoms with E-state index in [4.69, 9.17) is 0 Å². The predicted molar refractivity (Wildman–Crippen MR) is 152 cm³/mol. The molecule has 0 nitrogen and oxygen atoms in total. The molecule has 0 bridgehead atoms. The molecule has 1 saturated carbocycles. The van der Waals surface area contributed by atoms with Crippen LogP contribution in [0.4, 0.5) is 0 Å². The third-order valence-electron chi connectivity index (χ3n) is 10.4. The van der Waals surface area contributed by atoms with Gasteiger partial charge in [0, 0.05) is 10.00 Å². The minimum atomic E-state index is -0.976. The Labute approximate surface area is 202 Å². The molecule has 2 aliphatic carbocycles. The molecule has 1 aliphatic heterocycles. The van der Waals surface area contributed by atoms with Crippen molar-refractivity contribution in [3.63, 3.8) is 0 Å². The highest BCUT2D eigenvalue weighted by molar-refractivity contribution is 8.35. The van der Waals surface area contributed by atoms with Gasteiger partial charge in [0.1, 0.15) is 0 Å². The van der Waals surface area contributed by atoms with Gasteiger partial charge in [-0.05, 0) is 102 Å². The van der Waals surface area contributed by atoms with E-state index in [1.807, 2.05) is 0 Å². The Kier molecular flexibility index (Phi) is 6.33. The second-order valence-corrected chi connectivity index (χ2v) is 20.8. The summed E-state index contributed by atoms with van der Waals surface area (Å²) in [6.07, 6.45) is 23.6. The molecule has 2 unspecified atom stereocenters. The van der Waals surface area contributed by atoms with Crippen molar-refractivity contribution in [1.82, 2.24) is 0 Å². The topological polar surface area (TPSA) is 0 Å². The fourth-order valence-corrected chi connectivity index (χ4v) is 13.9. The van der Waals surface area contributed by atoms with Crippen molar-refractivity contribution >= 4 is 25.6 Å². The van der Waals surface area contributed by atoms with Gasteiger partial charge in [-0.25, -0.2) is 20.1 Å². The average Bonchev–Trinajstić information content (AvgIpc) is 3.04. The van der Waals surface area contributed by atoms with Crippen LogP contribution < -0.4 is 0 Å². The number of fused-ring (bicyclic) bond motifs is 3. The molecule has 3 atom stereocenters. The molecule has 1 heterocycles. The van der Waals surface area contributed by atoms with E-state index in [1.54, 1.807) is 21.6 Å². The second-order valence-electron chi connectivity index (χ2n) is 12.2. The molecule has 4 rings (SSSR count). The lowest BCUT2D eigenvalue weighted by atomic mass is 9.72. The van der Waals surface area contributed by atoms with Crippen molar-refractivity contribution in [3.05, 3.63) is 47.6 Å². The van der Waals surface area contributed by atoms with Gasteiger partial charge in [0.25, 0.3) is 0 Å². The zero-order valence-corrected chi connectivity index (χ0v) is 23.9. The lowest BCUT2D eigenvalue weighted by Crippen LogP contribution is -2.41. The quantitative estimate of drug-likeness (QED) is 0.401. The molecular weight excluding hydrogens is 424 g/mol. The Balaban J connectivity index is 1.72. The van der Waals surface area contributed by atoms with Crippen LogP contribution in [0, 0.1) is 11.8 Å². The molecule has 1 aromatic rings. The van der Waals surface area contributed by atoms with Crippen molar-refractivity contribution in [2.24, 2.45) is 11.8 Å². The monoisotopic (exact) mass is 472 g/mol. The van der Waals surface area contributed by atoms with Crippen LogP contribution in [0.5, 0.6) is 0 Å². The van der Waals surface area contributed by atoms with Gasteiger partial charge in [0.05, 0.1) is 0 Å². The van der Waals surface area contributed by atoms with Gasteiger partial charge in [-0.15, -0.1) is 0 Å². The highest BCUT2D eigenvalue weighted by atomic mass is 32.3. The van der Waals surface area contributed by atoms with Crippen molar-refractivity contribution in [2.75, 3.05) is 25.0 Å². The van der Waals surface area contributed by atoms with Crippen LogP contribution in [0.3, 0.4) is 0 Å². The number of hydrogen-bond acceptors (Lipinski definition) is 0. The number of allylic oxidation sites excluding steroid dienone is 3.